The molecule has 0 aromatic rings. The fourth-order valence-corrected chi connectivity index (χ4v) is 3.11. The van der Waals surface area contributed by atoms with Crippen molar-refractivity contribution in [2.45, 2.75) is 110 Å². The number of rotatable bonds is 17. The molecule has 0 saturated heterocycles. The molecule has 0 rings (SSSR count). The van der Waals surface area contributed by atoms with E-state index in [0.29, 0.717) is 6.42 Å². The van der Waals surface area contributed by atoms with Gasteiger partial charge in [-0.2, -0.15) is 0 Å². The van der Waals surface area contributed by atoms with Crippen LogP contribution in [0.3, 0.4) is 0 Å². The number of carbonyl (C=O) groups is 1. The molecule has 0 radical (unpaired) electrons. The first kappa shape index (κ1) is 27.6. The molecule has 0 aliphatic heterocycles. The molecule has 0 saturated carbocycles. The molecule has 144 valence electrons. The van der Waals surface area contributed by atoms with E-state index >= 15 is 0 Å². The van der Waals surface area contributed by atoms with E-state index in [1.807, 2.05) is 0 Å². The minimum Gasteiger partial charge on any atom is -0.716 e. The molecular weight excluding hydrogens is 351 g/mol. The van der Waals surface area contributed by atoms with E-state index < -0.39 is 16.4 Å². The van der Waals surface area contributed by atoms with Gasteiger partial charge in [0.1, 0.15) is 0 Å². The van der Waals surface area contributed by atoms with Crippen LogP contribution >= 0.6 is 0 Å². The topological polar surface area (TPSA) is 83.5 Å². The van der Waals surface area contributed by atoms with Crippen LogP contribution in [0.1, 0.15) is 110 Å². The number of carbonyl (C=O) groups excluding carboxylic acids is 1. The van der Waals surface area contributed by atoms with Crippen LogP contribution in [0.5, 0.6) is 0 Å². The quantitative estimate of drug-likeness (QED) is 0.166. The summed E-state index contributed by atoms with van der Waals surface area (Å²) in [6.07, 6.45) is 18.3. The van der Waals surface area contributed by atoms with E-state index in [1.165, 1.54) is 70.6 Å². The predicted octanol–water partition coefficient (Wildman–Crippen LogP) is 2.26. The van der Waals surface area contributed by atoms with Gasteiger partial charge in [0.2, 0.25) is 0 Å². The molecule has 0 amide bonds. The van der Waals surface area contributed by atoms with Crippen molar-refractivity contribution in [3.8, 4) is 0 Å². The van der Waals surface area contributed by atoms with Gasteiger partial charge in [-0.05, 0) is 6.42 Å². The minimum atomic E-state index is -4.89. The first-order chi connectivity index (χ1) is 11.5. The van der Waals surface area contributed by atoms with E-state index in [2.05, 4.69) is 11.1 Å². The fourth-order valence-electron chi connectivity index (χ4n) is 2.80. The Labute approximate surface area is 176 Å². The van der Waals surface area contributed by atoms with Crippen LogP contribution in [0.4, 0.5) is 0 Å². The summed E-state index contributed by atoms with van der Waals surface area (Å²) in [5, 5.41) is 0. The van der Waals surface area contributed by atoms with Gasteiger partial charge in [-0.25, -0.2) is 8.42 Å². The van der Waals surface area contributed by atoms with Gasteiger partial charge in [-0.3, -0.25) is 4.79 Å². The summed E-state index contributed by atoms with van der Waals surface area (Å²) in [5.74, 6) is -0.945. The van der Waals surface area contributed by atoms with Gasteiger partial charge in [0.25, 0.3) is 10.4 Å². The standard InChI is InChI=1S/C18H36O5S.Na/c1-2-3-4-5-6-7-8-9-10-11-12-13-14-15-16-17-18(19)23-24(20,21)22;/h2-17H2,1H3,(H,20,21,22);/q;+1/p-1. The normalized spacial score (nSPS) is 11.1. The van der Waals surface area contributed by atoms with Gasteiger partial charge in [-0.1, -0.05) is 96.8 Å². The van der Waals surface area contributed by atoms with Crippen molar-refractivity contribution >= 4 is 16.4 Å². The summed E-state index contributed by atoms with van der Waals surface area (Å²) in [4.78, 5) is 11.0. The van der Waals surface area contributed by atoms with E-state index in [0.717, 1.165) is 19.3 Å². The van der Waals surface area contributed by atoms with Crippen LogP contribution in [0.2, 0.25) is 0 Å². The van der Waals surface area contributed by atoms with Crippen LogP contribution in [0.15, 0.2) is 0 Å². The molecule has 5 nitrogen and oxygen atoms in total. The Balaban J connectivity index is 0. The molecule has 0 aliphatic rings. The second-order valence-electron chi connectivity index (χ2n) is 6.56. The molecule has 0 aromatic carbocycles. The summed E-state index contributed by atoms with van der Waals surface area (Å²) in [7, 11) is -4.89. The predicted molar refractivity (Wildman–Crippen MR) is 95.3 cm³/mol. The average molecular weight is 387 g/mol. The maximum absolute atomic E-state index is 11.0. The summed E-state index contributed by atoms with van der Waals surface area (Å²) in [5.41, 5.74) is 0. The van der Waals surface area contributed by atoms with E-state index in [1.54, 1.807) is 0 Å². The second-order valence-corrected chi connectivity index (χ2v) is 7.55. The number of hydrogen-bond acceptors (Lipinski definition) is 5. The summed E-state index contributed by atoms with van der Waals surface area (Å²) in [6.45, 7) is 2.25. The average Bonchev–Trinajstić information content (AvgIpc) is 2.49. The van der Waals surface area contributed by atoms with Gasteiger partial charge in [-0.15, -0.1) is 0 Å². The monoisotopic (exact) mass is 386 g/mol. The van der Waals surface area contributed by atoms with E-state index in [-0.39, 0.29) is 36.0 Å². The molecule has 0 N–H and O–H groups in total. The molecule has 7 heteroatoms. The molecule has 0 aliphatic carbocycles. The van der Waals surface area contributed by atoms with Gasteiger partial charge < -0.3 is 8.74 Å². The van der Waals surface area contributed by atoms with E-state index in [4.69, 9.17) is 0 Å². The Morgan fingerprint density at radius 2 is 1.04 bits per heavy atom. The van der Waals surface area contributed by atoms with Crippen molar-refractivity contribution in [3.63, 3.8) is 0 Å². The third kappa shape index (κ3) is 24.4. The summed E-state index contributed by atoms with van der Waals surface area (Å²) in [6, 6.07) is 0. The Morgan fingerprint density at radius 1 is 0.720 bits per heavy atom. The molecule has 0 heterocycles. The van der Waals surface area contributed by atoms with Crippen LogP contribution < -0.4 is 29.6 Å². The molecule has 0 bridgehead atoms. The third-order valence-corrected chi connectivity index (χ3v) is 4.57. The first-order valence-electron chi connectivity index (χ1n) is 9.64. The number of hydrogen-bond donors (Lipinski definition) is 0. The van der Waals surface area contributed by atoms with Crippen molar-refractivity contribution in [2.24, 2.45) is 0 Å². The largest absolute Gasteiger partial charge is 1.00 e. The van der Waals surface area contributed by atoms with Gasteiger partial charge in [0.15, 0.2) is 0 Å². The Hall–Kier alpha value is 0.380. The Kier molecular flexibility index (Phi) is 21.1. The van der Waals surface area contributed by atoms with Crippen LogP contribution in [0.25, 0.3) is 0 Å². The first-order valence-corrected chi connectivity index (χ1v) is 11.0. The van der Waals surface area contributed by atoms with Crippen LogP contribution in [-0.4, -0.2) is 18.9 Å². The zero-order valence-electron chi connectivity index (χ0n) is 16.3. The fraction of sp³-hybridized carbons (Fsp3) is 0.944. The smallest absolute Gasteiger partial charge is 0.716 e. The molecule has 0 aromatic heterocycles. The SMILES string of the molecule is CCCCCCCCCCCCCCCCCC(=O)OS(=O)(=O)[O-].[Na+]. The summed E-state index contributed by atoms with van der Waals surface area (Å²) < 4.78 is 34.3. The summed E-state index contributed by atoms with van der Waals surface area (Å²) >= 11 is 0. The van der Waals surface area contributed by atoms with Gasteiger partial charge in [0, 0.05) is 6.42 Å². The molecular formula is C18H35NaO5S. The van der Waals surface area contributed by atoms with E-state index in [9.17, 15) is 17.8 Å². The maximum Gasteiger partial charge on any atom is 1.00 e. The van der Waals surface area contributed by atoms with Crippen LogP contribution in [0, 0.1) is 0 Å². The molecule has 0 unspecified atom stereocenters. The third-order valence-electron chi connectivity index (χ3n) is 4.18. The minimum absolute atomic E-state index is 0. The van der Waals surface area contributed by atoms with Gasteiger partial charge >= 0.3 is 35.5 Å². The molecule has 0 spiro atoms. The van der Waals surface area contributed by atoms with Crippen molar-refractivity contribution in [1.29, 1.82) is 0 Å². The zero-order valence-corrected chi connectivity index (χ0v) is 19.1. The Morgan fingerprint density at radius 3 is 1.36 bits per heavy atom. The zero-order chi connectivity index (χ0) is 18.1. The van der Waals surface area contributed by atoms with Crippen molar-refractivity contribution < 1.29 is 51.5 Å². The molecule has 0 fully saturated rings. The van der Waals surface area contributed by atoms with Crippen molar-refractivity contribution in [3.05, 3.63) is 0 Å². The molecule has 25 heavy (non-hydrogen) atoms. The maximum atomic E-state index is 11.0. The van der Waals surface area contributed by atoms with Crippen molar-refractivity contribution in [1.82, 2.24) is 0 Å². The van der Waals surface area contributed by atoms with Gasteiger partial charge in [0.05, 0.1) is 0 Å². The van der Waals surface area contributed by atoms with Crippen molar-refractivity contribution in [2.75, 3.05) is 0 Å². The second kappa shape index (κ2) is 19.2. The Bertz CT molecular complexity index is 398. The molecule has 0 atom stereocenters. The number of unbranched alkanes of at least 4 members (excludes halogenated alkanes) is 14. The van der Waals surface area contributed by atoms with Crippen LogP contribution in [-0.2, 0) is 19.4 Å².